The molecule has 1 aromatic carbocycles. The largest absolute Gasteiger partial charge is 0.277 e. The molecule has 1 amide bonds. The van der Waals surface area contributed by atoms with Crippen LogP contribution in [0.3, 0.4) is 0 Å². The first-order valence-electron chi connectivity index (χ1n) is 4.77. The van der Waals surface area contributed by atoms with Crippen molar-refractivity contribution >= 4 is 24.2 Å². The summed E-state index contributed by atoms with van der Waals surface area (Å²) in [6.45, 7) is 2.63. The Morgan fingerprint density at radius 1 is 1.40 bits per heavy atom. The van der Waals surface area contributed by atoms with E-state index in [0.29, 0.717) is 11.6 Å². The Balaban J connectivity index is 2.63. The van der Waals surface area contributed by atoms with Gasteiger partial charge < -0.3 is 0 Å². The lowest BCUT2D eigenvalue weighted by Gasteiger charge is -2.07. The van der Waals surface area contributed by atoms with Crippen molar-refractivity contribution in [1.82, 2.24) is 5.01 Å². The zero-order valence-electron chi connectivity index (χ0n) is 8.56. The van der Waals surface area contributed by atoms with Crippen LogP contribution in [-0.2, 0) is 4.79 Å². The van der Waals surface area contributed by atoms with Crippen molar-refractivity contribution in [2.45, 2.75) is 13.3 Å². The van der Waals surface area contributed by atoms with Gasteiger partial charge in [-0.05, 0) is 24.1 Å². The Morgan fingerprint density at radius 3 is 2.60 bits per heavy atom. The van der Waals surface area contributed by atoms with Crippen LogP contribution in [0.4, 0.5) is 0 Å². The average molecular weight is 225 g/mol. The van der Waals surface area contributed by atoms with Crippen LogP contribution in [0, 0.1) is 0 Å². The van der Waals surface area contributed by atoms with Crippen molar-refractivity contribution < 1.29 is 4.79 Å². The predicted molar refractivity (Wildman–Crippen MR) is 62.1 cm³/mol. The molecule has 0 aliphatic carbocycles. The van der Waals surface area contributed by atoms with Crippen LogP contribution in [0.1, 0.15) is 18.9 Å². The molecule has 0 unspecified atom stereocenters. The number of nitrogens with zero attached hydrogens (tertiary/aromatic N) is 2. The minimum absolute atomic E-state index is 0.633. The van der Waals surface area contributed by atoms with Gasteiger partial charge in [0.2, 0.25) is 6.41 Å². The van der Waals surface area contributed by atoms with E-state index in [1.165, 1.54) is 5.01 Å². The smallest absolute Gasteiger partial charge is 0.229 e. The Morgan fingerprint density at radius 2 is 2.07 bits per heavy atom. The number of rotatable bonds is 5. The van der Waals surface area contributed by atoms with Crippen LogP contribution < -0.4 is 0 Å². The molecule has 15 heavy (non-hydrogen) atoms. The van der Waals surface area contributed by atoms with E-state index in [1.54, 1.807) is 18.3 Å². The normalized spacial score (nSPS) is 10.5. The van der Waals surface area contributed by atoms with E-state index in [1.807, 2.05) is 19.1 Å². The molecule has 0 spiro atoms. The Bertz CT molecular complexity index is 335. The topological polar surface area (TPSA) is 32.7 Å². The molecule has 3 nitrogen and oxygen atoms in total. The van der Waals surface area contributed by atoms with Crippen molar-refractivity contribution in [3.63, 3.8) is 0 Å². The quantitative estimate of drug-likeness (QED) is 0.430. The van der Waals surface area contributed by atoms with Crippen molar-refractivity contribution in [3.8, 4) is 0 Å². The highest BCUT2D eigenvalue weighted by Crippen LogP contribution is 2.07. The van der Waals surface area contributed by atoms with E-state index in [-0.39, 0.29) is 0 Å². The molecule has 0 fully saturated rings. The van der Waals surface area contributed by atoms with Crippen LogP contribution >= 0.6 is 11.6 Å². The SMILES string of the molecule is CCCN(C=O)N=Cc1ccc(Cl)cc1. The van der Waals surface area contributed by atoms with Gasteiger partial charge in [-0.15, -0.1) is 0 Å². The number of halogens is 1. The standard InChI is InChI=1S/C11H13ClN2O/c1-2-7-14(9-15)13-8-10-3-5-11(12)6-4-10/h3-6,8-9H,2,7H2,1H3. The van der Waals surface area contributed by atoms with Crippen molar-refractivity contribution in [2.24, 2.45) is 5.10 Å². The van der Waals surface area contributed by atoms with Gasteiger partial charge in [0.05, 0.1) is 6.21 Å². The molecule has 4 heteroatoms. The number of carbonyl (C=O) groups is 1. The summed E-state index contributed by atoms with van der Waals surface area (Å²) in [7, 11) is 0. The first-order valence-corrected chi connectivity index (χ1v) is 5.15. The molecule has 0 heterocycles. The van der Waals surface area contributed by atoms with Gasteiger partial charge in [-0.1, -0.05) is 30.7 Å². The van der Waals surface area contributed by atoms with Gasteiger partial charge in [-0.2, -0.15) is 5.10 Å². The molecule has 1 rings (SSSR count). The summed E-state index contributed by atoms with van der Waals surface area (Å²) in [5, 5.41) is 6.09. The second-order valence-electron chi connectivity index (χ2n) is 3.06. The minimum atomic E-state index is 0.633. The van der Waals surface area contributed by atoms with Crippen molar-refractivity contribution in [1.29, 1.82) is 0 Å². The van der Waals surface area contributed by atoms with E-state index in [4.69, 9.17) is 11.6 Å². The molecule has 0 radical (unpaired) electrons. The summed E-state index contributed by atoms with van der Waals surface area (Å²) in [5.41, 5.74) is 0.919. The van der Waals surface area contributed by atoms with Crippen LogP contribution in [-0.4, -0.2) is 24.2 Å². The maximum atomic E-state index is 10.6. The van der Waals surface area contributed by atoms with Gasteiger partial charge in [-0.3, -0.25) is 4.79 Å². The Hall–Kier alpha value is -1.35. The summed E-state index contributed by atoms with van der Waals surface area (Å²) in [5.74, 6) is 0. The number of hydrazone groups is 1. The summed E-state index contributed by atoms with van der Waals surface area (Å²) in [6, 6.07) is 7.27. The fourth-order valence-electron chi connectivity index (χ4n) is 1.06. The molecule has 0 aromatic heterocycles. The molecule has 0 N–H and O–H groups in total. The van der Waals surface area contributed by atoms with Crippen molar-refractivity contribution in [2.75, 3.05) is 6.54 Å². The summed E-state index contributed by atoms with van der Waals surface area (Å²) < 4.78 is 0. The Kier molecular flexibility index (Phi) is 4.84. The number of carbonyl (C=O) groups excluding carboxylic acids is 1. The summed E-state index contributed by atoms with van der Waals surface area (Å²) in [6.07, 6.45) is 3.24. The molecule has 80 valence electrons. The van der Waals surface area contributed by atoms with Gasteiger partial charge in [0.15, 0.2) is 0 Å². The number of hydrogen-bond acceptors (Lipinski definition) is 2. The highest BCUT2D eigenvalue weighted by molar-refractivity contribution is 6.30. The van der Waals surface area contributed by atoms with E-state index < -0.39 is 0 Å². The van der Waals surface area contributed by atoms with E-state index >= 15 is 0 Å². The molecule has 0 saturated carbocycles. The molecule has 0 aliphatic heterocycles. The molecule has 0 atom stereocenters. The highest BCUT2D eigenvalue weighted by Gasteiger charge is 1.94. The van der Waals surface area contributed by atoms with Gasteiger partial charge in [0.25, 0.3) is 0 Å². The van der Waals surface area contributed by atoms with Crippen molar-refractivity contribution in [3.05, 3.63) is 34.9 Å². The van der Waals surface area contributed by atoms with Gasteiger partial charge >= 0.3 is 0 Å². The average Bonchev–Trinajstić information content (AvgIpc) is 2.26. The lowest BCUT2D eigenvalue weighted by molar-refractivity contribution is -0.118. The molecule has 0 bridgehead atoms. The summed E-state index contributed by atoms with van der Waals surface area (Å²) in [4.78, 5) is 10.6. The first kappa shape index (κ1) is 11.7. The lowest BCUT2D eigenvalue weighted by Crippen LogP contribution is -2.15. The number of hydrogen-bond donors (Lipinski definition) is 0. The third-order valence-electron chi connectivity index (χ3n) is 1.80. The van der Waals surface area contributed by atoms with Gasteiger partial charge in [0, 0.05) is 11.6 Å². The Labute approximate surface area is 94.3 Å². The van der Waals surface area contributed by atoms with Crippen LogP contribution in [0.2, 0.25) is 5.02 Å². The number of benzene rings is 1. The second-order valence-corrected chi connectivity index (χ2v) is 3.50. The zero-order valence-corrected chi connectivity index (χ0v) is 9.31. The molecule has 0 saturated heterocycles. The fraction of sp³-hybridized carbons (Fsp3) is 0.273. The maximum Gasteiger partial charge on any atom is 0.229 e. The molecule has 1 aromatic rings. The van der Waals surface area contributed by atoms with Crippen LogP contribution in [0.15, 0.2) is 29.4 Å². The minimum Gasteiger partial charge on any atom is -0.277 e. The zero-order chi connectivity index (χ0) is 11.1. The monoisotopic (exact) mass is 224 g/mol. The second kappa shape index (κ2) is 6.19. The maximum absolute atomic E-state index is 10.6. The predicted octanol–water partition coefficient (Wildman–Crippen LogP) is 2.54. The van der Waals surface area contributed by atoms with E-state index in [0.717, 1.165) is 18.4 Å². The lowest BCUT2D eigenvalue weighted by atomic mass is 10.2. The van der Waals surface area contributed by atoms with Gasteiger partial charge in [-0.25, -0.2) is 5.01 Å². The fourth-order valence-corrected chi connectivity index (χ4v) is 1.18. The van der Waals surface area contributed by atoms with E-state index in [9.17, 15) is 4.79 Å². The number of amides is 1. The third-order valence-corrected chi connectivity index (χ3v) is 2.05. The van der Waals surface area contributed by atoms with E-state index in [2.05, 4.69) is 5.10 Å². The van der Waals surface area contributed by atoms with Gasteiger partial charge in [0.1, 0.15) is 0 Å². The first-order chi connectivity index (χ1) is 7.26. The van der Waals surface area contributed by atoms with Crippen LogP contribution in [0.5, 0.6) is 0 Å². The third kappa shape index (κ3) is 4.13. The molecular formula is C11H13ClN2O. The summed E-state index contributed by atoms with van der Waals surface area (Å²) >= 11 is 5.74. The molecular weight excluding hydrogens is 212 g/mol. The highest BCUT2D eigenvalue weighted by atomic mass is 35.5. The van der Waals surface area contributed by atoms with Crippen LogP contribution in [0.25, 0.3) is 0 Å². The molecule has 0 aliphatic rings.